The van der Waals surface area contributed by atoms with Crippen molar-refractivity contribution in [2.24, 2.45) is 5.92 Å². The molecule has 1 N–H and O–H groups in total. The quantitative estimate of drug-likeness (QED) is 0.674. The van der Waals surface area contributed by atoms with Gasteiger partial charge in [0, 0.05) is 0 Å². The minimum absolute atomic E-state index is 0.167. The summed E-state index contributed by atoms with van der Waals surface area (Å²) < 4.78 is 5.95. The normalized spacial score (nSPS) is 17.8. The molecule has 15 heavy (non-hydrogen) atoms. The van der Waals surface area contributed by atoms with Gasteiger partial charge in [0.1, 0.15) is 0 Å². The monoisotopic (exact) mass is 216 g/mol. The van der Waals surface area contributed by atoms with Crippen LogP contribution in [0.4, 0.5) is 0 Å². The van der Waals surface area contributed by atoms with Crippen LogP contribution in [0.5, 0.6) is 0 Å². The van der Waals surface area contributed by atoms with Gasteiger partial charge in [-0.3, -0.25) is 0 Å². The first-order valence-electron chi connectivity index (χ1n) is 6.29. The lowest BCUT2D eigenvalue weighted by Crippen LogP contribution is -2.24. The van der Waals surface area contributed by atoms with Crippen LogP contribution in [-0.4, -0.2) is 23.4 Å². The first kappa shape index (κ1) is 14.9. The summed E-state index contributed by atoms with van der Waals surface area (Å²) >= 11 is 0. The van der Waals surface area contributed by atoms with Gasteiger partial charge >= 0.3 is 0 Å². The largest absolute Gasteiger partial charge is 0.393 e. The van der Waals surface area contributed by atoms with Gasteiger partial charge in [0.2, 0.25) is 0 Å². The molecule has 0 spiro atoms. The molecule has 0 rings (SSSR count). The maximum atomic E-state index is 9.27. The zero-order valence-electron chi connectivity index (χ0n) is 11.0. The molecule has 0 aliphatic carbocycles. The van der Waals surface area contributed by atoms with Crippen molar-refractivity contribution in [3.05, 3.63) is 0 Å². The van der Waals surface area contributed by atoms with E-state index in [0.29, 0.717) is 12.0 Å². The lowest BCUT2D eigenvalue weighted by Gasteiger charge is -2.24. The molecule has 0 radical (unpaired) electrons. The van der Waals surface area contributed by atoms with E-state index in [1.54, 1.807) is 0 Å². The second-order valence-corrected chi connectivity index (χ2v) is 5.07. The molecule has 0 saturated heterocycles. The average Bonchev–Trinajstić information content (AvgIpc) is 2.00. The number of aliphatic hydroxyl groups excluding tert-OH is 1. The Morgan fingerprint density at radius 1 is 1.07 bits per heavy atom. The summed E-state index contributed by atoms with van der Waals surface area (Å²) in [5.41, 5.74) is 0. The third kappa shape index (κ3) is 8.88. The summed E-state index contributed by atoms with van der Waals surface area (Å²) in [5.74, 6) is 0.681. The molecular formula is C13H28O2. The van der Waals surface area contributed by atoms with Crippen LogP contribution in [0.3, 0.4) is 0 Å². The summed E-state index contributed by atoms with van der Waals surface area (Å²) in [5, 5.41) is 9.27. The van der Waals surface area contributed by atoms with Gasteiger partial charge in [0.05, 0.1) is 18.3 Å². The van der Waals surface area contributed by atoms with Crippen molar-refractivity contribution in [2.45, 2.75) is 78.6 Å². The standard InChI is InChI=1S/C13H28O2/c1-6-7-13(8-10(2)3)15-12(5)9-11(4)14/h10-14H,6-9H2,1-5H3/t11-,12-,13-/m1/s1. The molecule has 0 aromatic rings. The van der Waals surface area contributed by atoms with E-state index >= 15 is 0 Å². The van der Waals surface area contributed by atoms with Crippen molar-refractivity contribution in [3.8, 4) is 0 Å². The minimum Gasteiger partial charge on any atom is -0.393 e. The van der Waals surface area contributed by atoms with Crippen LogP contribution in [0.2, 0.25) is 0 Å². The molecule has 0 unspecified atom stereocenters. The van der Waals surface area contributed by atoms with Crippen LogP contribution in [0.25, 0.3) is 0 Å². The Kier molecular flexibility index (Phi) is 8.07. The minimum atomic E-state index is -0.263. The Labute approximate surface area is 95.0 Å². The van der Waals surface area contributed by atoms with Crippen LogP contribution in [-0.2, 0) is 4.74 Å². The van der Waals surface area contributed by atoms with Gasteiger partial charge in [-0.1, -0.05) is 27.2 Å². The molecule has 92 valence electrons. The van der Waals surface area contributed by atoms with Gasteiger partial charge in [-0.25, -0.2) is 0 Å². The Hall–Kier alpha value is -0.0800. The molecule has 0 saturated carbocycles. The highest BCUT2D eigenvalue weighted by molar-refractivity contribution is 4.64. The van der Waals surface area contributed by atoms with Gasteiger partial charge in [-0.05, 0) is 39.0 Å². The molecule has 2 heteroatoms. The average molecular weight is 216 g/mol. The highest BCUT2D eigenvalue weighted by atomic mass is 16.5. The van der Waals surface area contributed by atoms with Crippen LogP contribution < -0.4 is 0 Å². The molecule has 0 fully saturated rings. The van der Waals surface area contributed by atoms with Gasteiger partial charge in [-0.15, -0.1) is 0 Å². The molecule has 0 bridgehead atoms. The fourth-order valence-electron chi connectivity index (χ4n) is 1.95. The fraction of sp³-hybridized carbons (Fsp3) is 1.00. The summed E-state index contributed by atoms with van der Waals surface area (Å²) in [6.45, 7) is 10.5. The van der Waals surface area contributed by atoms with Gasteiger partial charge < -0.3 is 9.84 Å². The van der Waals surface area contributed by atoms with Crippen molar-refractivity contribution in [2.75, 3.05) is 0 Å². The first-order chi connectivity index (χ1) is 6.95. The second kappa shape index (κ2) is 8.12. The van der Waals surface area contributed by atoms with E-state index in [1.807, 2.05) is 6.92 Å². The van der Waals surface area contributed by atoms with Crippen LogP contribution in [0.1, 0.15) is 60.3 Å². The van der Waals surface area contributed by atoms with Gasteiger partial charge in [0.15, 0.2) is 0 Å². The van der Waals surface area contributed by atoms with E-state index in [0.717, 1.165) is 19.3 Å². The maximum absolute atomic E-state index is 9.27. The molecule has 0 heterocycles. The molecular weight excluding hydrogens is 188 g/mol. The molecule has 0 aromatic carbocycles. The summed E-state index contributed by atoms with van der Waals surface area (Å²) in [6.07, 6.45) is 4.42. The number of aliphatic hydroxyl groups is 1. The van der Waals surface area contributed by atoms with Crippen LogP contribution in [0.15, 0.2) is 0 Å². The Bertz CT molecular complexity index is 143. The zero-order valence-corrected chi connectivity index (χ0v) is 11.0. The van der Waals surface area contributed by atoms with Crippen molar-refractivity contribution in [1.82, 2.24) is 0 Å². The number of ether oxygens (including phenoxy) is 1. The molecule has 0 amide bonds. The topological polar surface area (TPSA) is 29.5 Å². The Morgan fingerprint density at radius 3 is 2.07 bits per heavy atom. The molecule has 0 aromatic heterocycles. The van der Waals surface area contributed by atoms with Crippen molar-refractivity contribution in [3.63, 3.8) is 0 Å². The highest BCUT2D eigenvalue weighted by Gasteiger charge is 2.15. The van der Waals surface area contributed by atoms with E-state index in [4.69, 9.17) is 4.74 Å². The van der Waals surface area contributed by atoms with Crippen LogP contribution in [0, 0.1) is 5.92 Å². The highest BCUT2D eigenvalue weighted by Crippen LogP contribution is 2.17. The number of rotatable bonds is 8. The number of hydrogen-bond donors (Lipinski definition) is 1. The van der Waals surface area contributed by atoms with E-state index in [-0.39, 0.29) is 12.2 Å². The zero-order chi connectivity index (χ0) is 11.8. The lowest BCUT2D eigenvalue weighted by atomic mass is 10.0. The molecule has 2 nitrogen and oxygen atoms in total. The summed E-state index contributed by atoms with van der Waals surface area (Å²) in [4.78, 5) is 0. The van der Waals surface area contributed by atoms with Crippen molar-refractivity contribution < 1.29 is 9.84 Å². The van der Waals surface area contributed by atoms with Gasteiger partial charge in [0.25, 0.3) is 0 Å². The van der Waals surface area contributed by atoms with Crippen molar-refractivity contribution >= 4 is 0 Å². The van der Waals surface area contributed by atoms with E-state index < -0.39 is 0 Å². The molecule has 3 atom stereocenters. The predicted molar refractivity (Wildman–Crippen MR) is 65.0 cm³/mol. The van der Waals surface area contributed by atoms with E-state index in [9.17, 15) is 5.11 Å². The van der Waals surface area contributed by atoms with E-state index in [2.05, 4.69) is 27.7 Å². The van der Waals surface area contributed by atoms with E-state index in [1.165, 1.54) is 6.42 Å². The fourth-order valence-corrected chi connectivity index (χ4v) is 1.95. The molecule has 0 aliphatic heterocycles. The van der Waals surface area contributed by atoms with Gasteiger partial charge in [-0.2, -0.15) is 0 Å². The lowest BCUT2D eigenvalue weighted by molar-refractivity contribution is -0.0359. The Balaban J connectivity index is 3.91. The Morgan fingerprint density at radius 2 is 1.67 bits per heavy atom. The van der Waals surface area contributed by atoms with Crippen LogP contribution >= 0.6 is 0 Å². The predicted octanol–water partition coefficient (Wildman–Crippen LogP) is 3.38. The molecule has 0 aliphatic rings. The second-order valence-electron chi connectivity index (χ2n) is 5.07. The summed E-state index contributed by atoms with van der Waals surface area (Å²) in [7, 11) is 0. The smallest absolute Gasteiger partial charge is 0.0581 e. The SMILES string of the molecule is CCC[C@H](CC(C)C)O[C@H](C)C[C@@H](C)O. The summed E-state index contributed by atoms with van der Waals surface area (Å²) in [6, 6.07) is 0. The first-order valence-corrected chi connectivity index (χ1v) is 6.29. The third-order valence-corrected chi connectivity index (χ3v) is 2.44. The number of hydrogen-bond acceptors (Lipinski definition) is 2. The maximum Gasteiger partial charge on any atom is 0.0581 e. The van der Waals surface area contributed by atoms with Crippen molar-refractivity contribution in [1.29, 1.82) is 0 Å². The third-order valence-electron chi connectivity index (χ3n) is 2.44.